The maximum atomic E-state index is 4.33. The topological polar surface area (TPSA) is 24.9 Å². The minimum Gasteiger partial charge on any atom is -0.380 e. The fraction of sp³-hybridized carbons (Fsp3) is 0.500. The average molecular weight is 162 g/mol. The second-order valence-electron chi connectivity index (χ2n) is 3.70. The van der Waals surface area contributed by atoms with E-state index in [0.29, 0.717) is 12.0 Å². The van der Waals surface area contributed by atoms with Gasteiger partial charge in [-0.15, -0.1) is 0 Å². The fourth-order valence-corrected chi connectivity index (χ4v) is 1.59. The van der Waals surface area contributed by atoms with E-state index in [9.17, 15) is 0 Å². The molecule has 1 aliphatic rings. The van der Waals surface area contributed by atoms with Gasteiger partial charge in [-0.3, -0.25) is 4.98 Å². The number of hydrogen-bond acceptors (Lipinski definition) is 2. The lowest BCUT2D eigenvalue weighted by Crippen LogP contribution is -2.21. The summed E-state index contributed by atoms with van der Waals surface area (Å²) in [5, 5.41) is 3.47. The van der Waals surface area contributed by atoms with Crippen molar-refractivity contribution in [1.82, 2.24) is 4.98 Å². The third kappa shape index (κ3) is 1.17. The lowest BCUT2D eigenvalue weighted by atomic mass is 10.0. The van der Waals surface area contributed by atoms with E-state index < -0.39 is 0 Å². The monoisotopic (exact) mass is 162 g/mol. The molecule has 2 heteroatoms. The summed E-state index contributed by atoms with van der Waals surface area (Å²) < 4.78 is 0. The molecule has 0 spiro atoms. The van der Waals surface area contributed by atoms with E-state index >= 15 is 0 Å². The second-order valence-corrected chi connectivity index (χ2v) is 3.70. The van der Waals surface area contributed by atoms with Crippen LogP contribution in [0.4, 0.5) is 5.69 Å². The fourth-order valence-electron chi connectivity index (χ4n) is 1.59. The molecule has 0 amide bonds. The molecule has 1 aromatic heterocycles. The molecule has 2 nitrogen and oxygen atoms in total. The number of rotatable bonds is 1. The van der Waals surface area contributed by atoms with Gasteiger partial charge in [-0.1, -0.05) is 13.8 Å². The highest BCUT2D eigenvalue weighted by Gasteiger charge is 2.23. The van der Waals surface area contributed by atoms with Crippen molar-refractivity contribution in [1.29, 1.82) is 0 Å². The largest absolute Gasteiger partial charge is 0.380 e. The number of aromatic nitrogens is 1. The van der Waals surface area contributed by atoms with Gasteiger partial charge in [-0.25, -0.2) is 0 Å². The lowest BCUT2D eigenvalue weighted by Gasteiger charge is -2.14. The van der Waals surface area contributed by atoms with Crippen molar-refractivity contribution >= 4 is 5.69 Å². The van der Waals surface area contributed by atoms with E-state index in [2.05, 4.69) is 30.2 Å². The Hall–Kier alpha value is -1.05. The van der Waals surface area contributed by atoms with E-state index in [-0.39, 0.29) is 0 Å². The number of nitrogens with zero attached hydrogens (tertiary/aromatic N) is 1. The quantitative estimate of drug-likeness (QED) is 0.683. The number of nitrogens with one attached hydrogen (secondary N) is 1. The van der Waals surface area contributed by atoms with Gasteiger partial charge in [0.2, 0.25) is 0 Å². The summed E-state index contributed by atoms with van der Waals surface area (Å²) >= 11 is 0. The highest BCUT2D eigenvalue weighted by molar-refractivity contribution is 5.53. The first kappa shape index (κ1) is 7.59. The molecule has 0 radical (unpaired) electrons. The molecule has 0 bridgehead atoms. The summed E-state index contributed by atoms with van der Waals surface area (Å²) in [5.41, 5.74) is 2.44. The third-order valence-corrected chi connectivity index (χ3v) is 2.45. The molecule has 1 N–H and O–H groups in total. The standard InChI is InChI=1S/C10H14N2/c1-7(2)9-6-10-8(12-9)4-3-5-11-10/h3-5,7,9,12H,6H2,1-2H3. The van der Waals surface area contributed by atoms with Crippen molar-refractivity contribution in [2.75, 3.05) is 5.32 Å². The Balaban J connectivity index is 2.22. The predicted molar refractivity (Wildman–Crippen MR) is 50.2 cm³/mol. The first-order chi connectivity index (χ1) is 5.77. The van der Waals surface area contributed by atoms with Gasteiger partial charge in [0.05, 0.1) is 11.4 Å². The van der Waals surface area contributed by atoms with Crippen molar-refractivity contribution in [3.8, 4) is 0 Å². The summed E-state index contributed by atoms with van der Waals surface area (Å²) in [7, 11) is 0. The maximum absolute atomic E-state index is 4.33. The molecule has 0 saturated carbocycles. The smallest absolute Gasteiger partial charge is 0.0655 e. The lowest BCUT2D eigenvalue weighted by molar-refractivity contribution is 0.535. The van der Waals surface area contributed by atoms with Gasteiger partial charge < -0.3 is 5.32 Å². The molecule has 2 heterocycles. The molecule has 1 aliphatic heterocycles. The molecule has 0 aromatic carbocycles. The molecule has 64 valence electrons. The number of pyridine rings is 1. The minimum absolute atomic E-state index is 0.579. The van der Waals surface area contributed by atoms with Crippen LogP contribution in [0.3, 0.4) is 0 Å². The average Bonchev–Trinajstić information content (AvgIpc) is 2.46. The Bertz CT molecular complexity index is 256. The van der Waals surface area contributed by atoms with E-state index in [1.54, 1.807) is 0 Å². The number of hydrogen-bond donors (Lipinski definition) is 1. The summed E-state index contributed by atoms with van der Waals surface area (Å²) in [4.78, 5) is 4.33. The van der Waals surface area contributed by atoms with Gasteiger partial charge in [0.1, 0.15) is 0 Å². The van der Waals surface area contributed by atoms with Crippen LogP contribution < -0.4 is 5.32 Å². The molecular formula is C10H14N2. The number of fused-ring (bicyclic) bond motifs is 1. The molecule has 2 rings (SSSR count). The van der Waals surface area contributed by atoms with Crippen molar-refractivity contribution in [3.05, 3.63) is 24.0 Å². The van der Waals surface area contributed by atoms with Crippen LogP contribution >= 0.6 is 0 Å². The third-order valence-electron chi connectivity index (χ3n) is 2.45. The molecule has 0 saturated heterocycles. The molecule has 1 aromatic rings. The van der Waals surface area contributed by atoms with Crippen molar-refractivity contribution < 1.29 is 0 Å². The van der Waals surface area contributed by atoms with Crippen LogP contribution in [0.2, 0.25) is 0 Å². The molecule has 1 atom stereocenters. The highest BCUT2D eigenvalue weighted by atomic mass is 15.0. The van der Waals surface area contributed by atoms with Crippen LogP contribution in [0, 0.1) is 5.92 Å². The highest BCUT2D eigenvalue weighted by Crippen LogP contribution is 2.26. The maximum Gasteiger partial charge on any atom is 0.0655 e. The van der Waals surface area contributed by atoms with E-state index in [1.165, 1.54) is 11.4 Å². The second kappa shape index (κ2) is 2.77. The Morgan fingerprint density at radius 1 is 1.58 bits per heavy atom. The normalized spacial score (nSPS) is 20.8. The Labute approximate surface area is 73.0 Å². The first-order valence-electron chi connectivity index (χ1n) is 4.48. The van der Waals surface area contributed by atoms with E-state index in [0.717, 1.165) is 6.42 Å². The van der Waals surface area contributed by atoms with Gasteiger partial charge in [0.15, 0.2) is 0 Å². The zero-order valence-electron chi connectivity index (χ0n) is 7.54. The molecular weight excluding hydrogens is 148 g/mol. The number of anilines is 1. The van der Waals surface area contributed by atoms with Crippen LogP contribution in [-0.4, -0.2) is 11.0 Å². The first-order valence-corrected chi connectivity index (χ1v) is 4.48. The Morgan fingerprint density at radius 2 is 2.42 bits per heavy atom. The van der Waals surface area contributed by atoms with Gasteiger partial charge in [-0.2, -0.15) is 0 Å². The van der Waals surface area contributed by atoms with Gasteiger partial charge in [0.25, 0.3) is 0 Å². The van der Waals surface area contributed by atoms with Crippen LogP contribution in [0.15, 0.2) is 18.3 Å². The van der Waals surface area contributed by atoms with Crippen LogP contribution in [0.1, 0.15) is 19.5 Å². The Morgan fingerprint density at radius 3 is 3.08 bits per heavy atom. The molecule has 0 aliphatic carbocycles. The van der Waals surface area contributed by atoms with Crippen LogP contribution in [-0.2, 0) is 6.42 Å². The summed E-state index contributed by atoms with van der Waals surface area (Å²) in [6.07, 6.45) is 2.94. The van der Waals surface area contributed by atoms with Crippen molar-refractivity contribution in [3.63, 3.8) is 0 Å². The van der Waals surface area contributed by atoms with Crippen molar-refractivity contribution in [2.24, 2.45) is 5.92 Å². The van der Waals surface area contributed by atoms with Crippen LogP contribution in [0.5, 0.6) is 0 Å². The van der Waals surface area contributed by atoms with Crippen LogP contribution in [0.25, 0.3) is 0 Å². The van der Waals surface area contributed by atoms with Crippen molar-refractivity contribution in [2.45, 2.75) is 26.3 Å². The minimum atomic E-state index is 0.579. The van der Waals surface area contributed by atoms with Gasteiger partial charge in [-0.05, 0) is 18.1 Å². The SMILES string of the molecule is CC(C)C1Cc2ncccc2N1. The Kier molecular flexibility index (Phi) is 1.75. The predicted octanol–water partition coefficient (Wildman–Crippen LogP) is 2.07. The zero-order chi connectivity index (χ0) is 8.55. The van der Waals surface area contributed by atoms with E-state index in [4.69, 9.17) is 0 Å². The summed E-state index contributed by atoms with van der Waals surface area (Å²) in [5.74, 6) is 0.680. The zero-order valence-corrected chi connectivity index (χ0v) is 7.54. The summed E-state index contributed by atoms with van der Waals surface area (Å²) in [6.45, 7) is 4.48. The van der Waals surface area contributed by atoms with Gasteiger partial charge in [0, 0.05) is 18.7 Å². The van der Waals surface area contributed by atoms with E-state index in [1.807, 2.05) is 12.3 Å². The molecule has 1 unspecified atom stereocenters. The van der Waals surface area contributed by atoms with Gasteiger partial charge >= 0.3 is 0 Å². The summed E-state index contributed by atoms with van der Waals surface area (Å²) in [6, 6.07) is 4.66. The molecule has 0 fully saturated rings. The molecule has 12 heavy (non-hydrogen) atoms.